The van der Waals surface area contributed by atoms with Crippen molar-refractivity contribution in [3.8, 4) is 0 Å². The lowest BCUT2D eigenvalue weighted by Crippen LogP contribution is -2.46. The van der Waals surface area contributed by atoms with E-state index >= 15 is 0 Å². The monoisotopic (exact) mass is 405 g/mol. The molecule has 0 radical (unpaired) electrons. The predicted octanol–water partition coefficient (Wildman–Crippen LogP) is 3.52. The van der Waals surface area contributed by atoms with Gasteiger partial charge in [-0.3, -0.25) is 5.32 Å². The Hall–Kier alpha value is -3.13. The van der Waals surface area contributed by atoms with E-state index in [1.165, 1.54) is 32.4 Å². The first-order valence-electron chi connectivity index (χ1n) is 8.63. The van der Waals surface area contributed by atoms with Gasteiger partial charge in [-0.25, -0.2) is 9.59 Å². The molecule has 0 fully saturated rings. The number of carbonyl (C=O) groups is 2. The van der Waals surface area contributed by atoms with Gasteiger partial charge in [-0.05, 0) is 29.3 Å². The molecule has 1 aliphatic rings. The first-order chi connectivity index (χ1) is 13.7. The molecule has 0 saturated carbocycles. The smallest absolute Gasteiger partial charge is 0.416 e. The number of esters is 2. The Morgan fingerprint density at radius 3 is 2.10 bits per heavy atom. The summed E-state index contributed by atoms with van der Waals surface area (Å²) < 4.78 is 48.5. The van der Waals surface area contributed by atoms with E-state index < -0.39 is 35.3 Å². The van der Waals surface area contributed by atoms with Gasteiger partial charge in [-0.1, -0.05) is 42.5 Å². The van der Waals surface area contributed by atoms with Crippen molar-refractivity contribution in [1.82, 2.24) is 5.32 Å². The SMILES string of the molecule is COC(=O)C1=C[C@](C(=O)OC)(c2ccccc2)N[C@H]1c1ccc(C(F)(F)F)cc1. The summed E-state index contributed by atoms with van der Waals surface area (Å²) in [5.41, 5.74) is -1.32. The van der Waals surface area contributed by atoms with E-state index in [2.05, 4.69) is 5.32 Å². The zero-order chi connectivity index (χ0) is 21.2. The van der Waals surface area contributed by atoms with Gasteiger partial charge in [0.2, 0.25) is 0 Å². The van der Waals surface area contributed by atoms with Crippen LogP contribution in [0.4, 0.5) is 13.2 Å². The third kappa shape index (κ3) is 3.75. The van der Waals surface area contributed by atoms with Gasteiger partial charge in [0.25, 0.3) is 0 Å². The Kier molecular flexibility index (Phi) is 5.48. The lowest BCUT2D eigenvalue weighted by atomic mass is 9.90. The van der Waals surface area contributed by atoms with E-state index in [9.17, 15) is 22.8 Å². The highest BCUT2D eigenvalue weighted by Crippen LogP contribution is 2.40. The average molecular weight is 405 g/mol. The van der Waals surface area contributed by atoms with Crippen LogP contribution in [-0.4, -0.2) is 26.2 Å². The summed E-state index contributed by atoms with van der Waals surface area (Å²) in [5.74, 6) is -1.37. The summed E-state index contributed by atoms with van der Waals surface area (Å²) >= 11 is 0. The maximum atomic E-state index is 12.9. The Morgan fingerprint density at radius 1 is 0.966 bits per heavy atom. The van der Waals surface area contributed by atoms with Gasteiger partial charge in [0.15, 0.2) is 5.54 Å². The second kappa shape index (κ2) is 7.71. The highest BCUT2D eigenvalue weighted by Gasteiger charge is 2.49. The van der Waals surface area contributed by atoms with Crippen LogP contribution in [0.15, 0.2) is 66.2 Å². The van der Waals surface area contributed by atoms with Crippen LogP contribution in [0.25, 0.3) is 0 Å². The molecule has 0 aliphatic carbocycles. The van der Waals surface area contributed by atoms with E-state index in [0.717, 1.165) is 12.1 Å². The largest absolute Gasteiger partial charge is 0.467 e. The van der Waals surface area contributed by atoms with Gasteiger partial charge in [0, 0.05) is 0 Å². The number of nitrogens with one attached hydrogen (secondary N) is 1. The van der Waals surface area contributed by atoms with Crippen LogP contribution in [0.1, 0.15) is 22.7 Å². The summed E-state index contributed by atoms with van der Waals surface area (Å²) in [6.07, 6.45) is -3.08. The number of ether oxygens (including phenoxy) is 2. The third-order valence-corrected chi connectivity index (χ3v) is 4.78. The molecule has 152 valence electrons. The molecular formula is C21H18F3NO4. The van der Waals surface area contributed by atoms with E-state index in [0.29, 0.717) is 11.1 Å². The molecule has 1 aliphatic heterocycles. The van der Waals surface area contributed by atoms with Crippen molar-refractivity contribution < 1.29 is 32.2 Å². The summed E-state index contributed by atoms with van der Waals surface area (Å²) in [5, 5.41) is 3.06. The minimum absolute atomic E-state index is 0.0986. The Balaban J connectivity index is 2.10. The molecule has 0 unspecified atom stereocenters. The fraction of sp³-hybridized carbons (Fsp3) is 0.238. The number of carbonyl (C=O) groups excluding carboxylic acids is 2. The van der Waals surface area contributed by atoms with Crippen molar-refractivity contribution in [1.29, 1.82) is 0 Å². The number of alkyl halides is 3. The molecule has 0 bridgehead atoms. The average Bonchev–Trinajstić information content (AvgIpc) is 3.15. The van der Waals surface area contributed by atoms with Gasteiger partial charge >= 0.3 is 18.1 Å². The van der Waals surface area contributed by atoms with Crippen LogP contribution in [0.2, 0.25) is 0 Å². The molecule has 0 saturated heterocycles. The number of halogens is 3. The molecule has 5 nitrogen and oxygen atoms in total. The fourth-order valence-corrected chi connectivity index (χ4v) is 3.35. The van der Waals surface area contributed by atoms with Crippen molar-refractivity contribution in [3.63, 3.8) is 0 Å². The van der Waals surface area contributed by atoms with E-state index in [-0.39, 0.29) is 5.57 Å². The zero-order valence-electron chi connectivity index (χ0n) is 15.6. The number of benzene rings is 2. The molecule has 29 heavy (non-hydrogen) atoms. The predicted molar refractivity (Wildman–Crippen MR) is 97.6 cm³/mol. The highest BCUT2D eigenvalue weighted by atomic mass is 19.4. The van der Waals surface area contributed by atoms with E-state index in [1.807, 2.05) is 0 Å². The van der Waals surface area contributed by atoms with E-state index in [4.69, 9.17) is 9.47 Å². The van der Waals surface area contributed by atoms with Crippen LogP contribution in [0.3, 0.4) is 0 Å². The van der Waals surface area contributed by atoms with Crippen LogP contribution in [0.5, 0.6) is 0 Å². The zero-order valence-corrected chi connectivity index (χ0v) is 15.6. The van der Waals surface area contributed by atoms with Crippen molar-refractivity contribution in [2.45, 2.75) is 17.8 Å². The molecule has 3 rings (SSSR count). The Bertz CT molecular complexity index is 939. The first kappa shape index (κ1) is 20.6. The molecule has 2 atom stereocenters. The minimum atomic E-state index is -4.48. The molecule has 0 spiro atoms. The number of hydrogen-bond acceptors (Lipinski definition) is 5. The second-order valence-corrected chi connectivity index (χ2v) is 6.45. The van der Waals surface area contributed by atoms with Crippen molar-refractivity contribution in [3.05, 3.63) is 82.9 Å². The fourth-order valence-electron chi connectivity index (χ4n) is 3.35. The van der Waals surface area contributed by atoms with Crippen LogP contribution in [0, 0.1) is 0 Å². The minimum Gasteiger partial charge on any atom is -0.467 e. The number of rotatable bonds is 4. The molecule has 2 aromatic carbocycles. The lowest BCUT2D eigenvalue weighted by Gasteiger charge is -2.28. The van der Waals surface area contributed by atoms with Gasteiger partial charge in [-0.2, -0.15) is 13.2 Å². The maximum absolute atomic E-state index is 12.9. The van der Waals surface area contributed by atoms with Crippen molar-refractivity contribution in [2.75, 3.05) is 14.2 Å². The molecule has 1 N–H and O–H groups in total. The topological polar surface area (TPSA) is 64.6 Å². The van der Waals surface area contributed by atoms with Crippen molar-refractivity contribution >= 4 is 11.9 Å². The molecular weight excluding hydrogens is 387 g/mol. The van der Waals surface area contributed by atoms with Crippen LogP contribution in [-0.2, 0) is 30.8 Å². The standard InChI is InChI=1S/C21H18F3NO4/c1-28-18(26)16-12-20(19(27)29-2,14-6-4-3-5-7-14)25-17(16)13-8-10-15(11-9-13)21(22,23)24/h3-12,17,25H,1-2H3/t17-,20+/m0/s1. The maximum Gasteiger partial charge on any atom is 0.416 e. The van der Waals surface area contributed by atoms with Crippen LogP contribution >= 0.6 is 0 Å². The first-order valence-corrected chi connectivity index (χ1v) is 8.63. The Labute approximate surface area is 165 Å². The molecule has 2 aromatic rings. The van der Waals surface area contributed by atoms with Gasteiger partial charge in [0.1, 0.15) is 0 Å². The van der Waals surface area contributed by atoms with Gasteiger partial charge in [0.05, 0.1) is 31.4 Å². The summed E-state index contributed by atoms with van der Waals surface area (Å²) in [6.45, 7) is 0. The van der Waals surface area contributed by atoms with Crippen LogP contribution < -0.4 is 5.32 Å². The van der Waals surface area contributed by atoms with E-state index in [1.54, 1.807) is 30.3 Å². The molecule has 8 heteroatoms. The highest BCUT2D eigenvalue weighted by molar-refractivity contribution is 5.96. The molecule has 1 heterocycles. The summed E-state index contributed by atoms with van der Waals surface area (Å²) in [4.78, 5) is 25.1. The normalized spacial score (nSPS) is 21.4. The lowest BCUT2D eigenvalue weighted by molar-refractivity contribution is -0.146. The molecule has 0 amide bonds. The second-order valence-electron chi connectivity index (χ2n) is 6.45. The molecule has 0 aromatic heterocycles. The quantitative estimate of drug-likeness (QED) is 0.789. The summed E-state index contributed by atoms with van der Waals surface area (Å²) in [6, 6.07) is 12.1. The van der Waals surface area contributed by atoms with Gasteiger partial charge < -0.3 is 9.47 Å². The number of methoxy groups -OCH3 is 2. The third-order valence-electron chi connectivity index (χ3n) is 4.78. The van der Waals surface area contributed by atoms with Gasteiger partial charge in [-0.15, -0.1) is 0 Å². The van der Waals surface area contributed by atoms with Crippen molar-refractivity contribution in [2.24, 2.45) is 0 Å². The summed E-state index contributed by atoms with van der Waals surface area (Å²) in [7, 11) is 2.40. The Morgan fingerprint density at radius 2 is 1.59 bits per heavy atom. The number of hydrogen-bond donors (Lipinski definition) is 1.